The van der Waals surface area contributed by atoms with E-state index in [1.54, 1.807) is 0 Å². The molecule has 0 spiro atoms. The van der Waals surface area contributed by atoms with Gasteiger partial charge in [-0.05, 0) is 55.7 Å². The van der Waals surface area contributed by atoms with Crippen molar-refractivity contribution in [3.63, 3.8) is 0 Å². The van der Waals surface area contributed by atoms with Crippen LogP contribution in [0.25, 0.3) is 6.08 Å². The zero-order valence-corrected chi connectivity index (χ0v) is 11.7. The van der Waals surface area contributed by atoms with Crippen LogP contribution in [0.5, 0.6) is 0 Å². The quantitative estimate of drug-likeness (QED) is 0.708. The number of rotatable bonds is 2. The van der Waals surface area contributed by atoms with Gasteiger partial charge in [-0.1, -0.05) is 42.7 Å². The Labute approximate surface area is 115 Å². The molecule has 1 heteroatoms. The molecule has 0 N–H and O–H groups in total. The van der Waals surface area contributed by atoms with E-state index in [1.807, 2.05) is 0 Å². The largest absolute Gasteiger partial charge is 0.294 e. The van der Waals surface area contributed by atoms with Crippen molar-refractivity contribution in [2.45, 2.75) is 45.4 Å². The summed E-state index contributed by atoms with van der Waals surface area (Å²) in [4.78, 5) is 12.5. The van der Waals surface area contributed by atoms with Crippen LogP contribution < -0.4 is 0 Å². The molecule has 0 aliphatic heterocycles. The second-order valence-corrected chi connectivity index (χ2v) is 6.13. The van der Waals surface area contributed by atoms with Crippen molar-refractivity contribution in [1.29, 1.82) is 0 Å². The molecule has 0 radical (unpaired) electrons. The van der Waals surface area contributed by atoms with E-state index in [4.69, 9.17) is 0 Å². The van der Waals surface area contributed by atoms with Gasteiger partial charge in [0.1, 0.15) is 0 Å². The molecule has 2 fully saturated rings. The number of carbonyl (C=O) groups excluding carboxylic acids is 1. The van der Waals surface area contributed by atoms with Crippen LogP contribution in [0.1, 0.15) is 49.7 Å². The third kappa shape index (κ3) is 2.65. The summed E-state index contributed by atoms with van der Waals surface area (Å²) in [5.74, 6) is 1.45. The minimum absolute atomic E-state index is 0.333. The third-order valence-corrected chi connectivity index (χ3v) is 4.77. The van der Waals surface area contributed by atoms with Gasteiger partial charge in [-0.2, -0.15) is 0 Å². The van der Waals surface area contributed by atoms with Crippen LogP contribution in [0.15, 0.2) is 29.8 Å². The number of hydrogen-bond acceptors (Lipinski definition) is 1. The Balaban J connectivity index is 1.75. The molecule has 3 rings (SSSR count). The summed E-state index contributed by atoms with van der Waals surface area (Å²) in [5, 5.41) is 0. The first-order valence-corrected chi connectivity index (χ1v) is 7.55. The molecule has 2 aliphatic rings. The van der Waals surface area contributed by atoms with Gasteiger partial charge in [0.15, 0.2) is 5.78 Å². The van der Waals surface area contributed by atoms with Crippen LogP contribution in [0, 0.1) is 18.8 Å². The van der Waals surface area contributed by atoms with Crippen molar-refractivity contribution in [2.75, 3.05) is 0 Å². The molecule has 0 saturated heterocycles. The van der Waals surface area contributed by atoms with Gasteiger partial charge in [0.05, 0.1) is 0 Å². The Hall–Kier alpha value is -1.37. The number of benzene rings is 1. The Bertz CT molecular complexity index is 489. The molecule has 0 aromatic heterocycles. The van der Waals surface area contributed by atoms with Crippen molar-refractivity contribution < 1.29 is 4.79 Å². The van der Waals surface area contributed by atoms with Gasteiger partial charge in [0, 0.05) is 5.92 Å². The maximum atomic E-state index is 12.5. The fraction of sp³-hybridized carbons (Fsp3) is 0.500. The molecule has 19 heavy (non-hydrogen) atoms. The van der Waals surface area contributed by atoms with Crippen LogP contribution in [-0.4, -0.2) is 5.78 Å². The van der Waals surface area contributed by atoms with Gasteiger partial charge in [0.2, 0.25) is 0 Å². The minimum Gasteiger partial charge on any atom is -0.294 e. The highest BCUT2D eigenvalue weighted by Gasteiger charge is 2.36. The molecule has 1 atom stereocenters. The van der Waals surface area contributed by atoms with E-state index >= 15 is 0 Å². The average Bonchev–Trinajstić information content (AvgIpc) is 3.03. The highest BCUT2D eigenvalue weighted by molar-refractivity contribution is 6.03. The van der Waals surface area contributed by atoms with Crippen molar-refractivity contribution in [1.82, 2.24) is 0 Å². The highest BCUT2D eigenvalue weighted by atomic mass is 16.1. The molecule has 1 aromatic rings. The lowest BCUT2D eigenvalue weighted by Gasteiger charge is -2.15. The van der Waals surface area contributed by atoms with E-state index in [9.17, 15) is 4.79 Å². The Morgan fingerprint density at radius 3 is 2.42 bits per heavy atom. The molecule has 1 aromatic carbocycles. The standard InChI is InChI=1S/C18H22O/c1-13-6-8-14(9-7-13)12-16-10-11-17(18(16)19)15-4-2-3-5-15/h6-9,12,15,17H,2-5,10-11H2,1H3/b16-12+/t17-/m1/s1. The molecule has 2 aliphatic carbocycles. The van der Waals surface area contributed by atoms with Gasteiger partial charge < -0.3 is 0 Å². The molecule has 0 unspecified atom stereocenters. The lowest BCUT2D eigenvalue weighted by molar-refractivity contribution is -0.119. The fourth-order valence-electron chi connectivity index (χ4n) is 3.62. The summed E-state index contributed by atoms with van der Waals surface area (Å²) < 4.78 is 0. The van der Waals surface area contributed by atoms with Crippen molar-refractivity contribution in [2.24, 2.45) is 11.8 Å². The van der Waals surface area contributed by atoms with E-state index in [1.165, 1.54) is 36.8 Å². The molecular weight excluding hydrogens is 232 g/mol. The van der Waals surface area contributed by atoms with Gasteiger partial charge in [-0.3, -0.25) is 4.79 Å². The van der Waals surface area contributed by atoms with Gasteiger partial charge in [-0.15, -0.1) is 0 Å². The Kier molecular flexibility index (Phi) is 3.54. The first-order chi connectivity index (χ1) is 9.24. The average molecular weight is 254 g/mol. The van der Waals surface area contributed by atoms with Crippen LogP contribution in [0.4, 0.5) is 0 Å². The van der Waals surface area contributed by atoms with Gasteiger partial charge in [-0.25, -0.2) is 0 Å². The number of ketones is 1. The van der Waals surface area contributed by atoms with Crippen molar-refractivity contribution in [3.05, 3.63) is 41.0 Å². The topological polar surface area (TPSA) is 17.1 Å². The van der Waals surface area contributed by atoms with Crippen molar-refractivity contribution >= 4 is 11.9 Å². The molecule has 0 bridgehead atoms. The number of carbonyl (C=O) groups is 1. The lowest BCUT2D eigenvalue weighted by atomic mass is 9.88. The molecule has 0 heterocycles. The van der Waals surface area contributed by atoms with Gasteiger partial charge >= 0.3 is 0 Å². The molecule has 0 amide bonds. The SMILES string of the molecule is Cc1ccc(/C=C2\CC[C@H](C3CCCC3)C2=O)cc1. The summed E-state index contributed by atoms with van der Waals surface area (Å²) in [6, 6.07) is 8.44. The summed E-state index contributed by atoms with van der Waals surface area (Å²) >= 11 is 0. The number of allylic oxidation sites excluding steroid dienone is 1. The second-order valence-electron chi connectivity index (χ2n) is 6.13. The van der Waals surface area contributed by atoms with E-state index in [2.05, 4.69) is 37.3 Å². The summed E-state index contributed by atoms with van der Waals surface area (Å²) in [5.41, 5.74) is 3.49. The monoisotopic (exact) mass is 254 g/mol. The van der Waals surface area contributed by atoms with E-state index in [-0.39, 0.29) is 0 Å². The molecular formula is C18H22O. The van der Waals surface area contributed by atoms with E-state index < -0.39 is 0 Å². The third-order valence-electron chi connectivity index (χ3n) is 4.77. The molecule has 100 valence electrons. The van der Waals surface area contributed by atoms with Crippen LogP contribution in [0.2, 0.25) is 0 Å². The van der Waals surface area contributed by atoms with Crippen molar-refractivity contribution in [3.8, 4) is 0 Å². The summed E-state index contributed by atoms with van der Waals surface area (Å²) in [6.45, 7) is 2.09. The van der Waals surface area contributed by atoms with Gasteiger partial charge in [0.25, 0.3) is 0 Å². The number of aryl methyl sites for hydroxylation is 1. The summed E-state index contributed by atoms with van der Waals surface area (Å²) in [6.07, 6.45) is 9.37. The fourth-order valence-corrected chi connectivity index (χ4v) is 3.62. The number of Topliss-reactive ketones (excluding diaryl/α,β-unsaturated/α-hetero) is 1. The van der Waals surface area contributed by atoms with Crippen LogP contribution >= 0.6 is 0 Å². The smallest absolute Gasteiger partial charge is 0.162 e. The van der Waals surface area contributed by atoms with E-state index in [0.29, 0.717) is 17.6 Å². The predicted molar refractivity (Wildman–Crippen MR) is 78.8 cm³/mol. The summed E-state index contributed by atoms with van der Waals surface area (Å²) in [7, 11) is 0. The minimum atomic E-state index is 0.333. The second kappa shape index (κ2) is 5.32. The maximum Gasteiger partial charge on any atom is 0.162 e. The van der Waals surface area contributed by atoms with Crippen LogP contribution in [-0.2, 0) is 4.79 Å². The lowest BCUT2D eigenvalue weighted by Crippen LogP contribution is -2.16. The number of hydrogen-bond donors (Lipinski definition) is 0. The molecule has 1 nitrogen and oxygen atoms in total. The Morgan fingerprint density at radius 2 is 1.74 bits per heavy atom. The normalized spacial score (nSPS) is 26.5. The zero-order valence-electron chi connectivity index (χ0n) is 11.7. The first kappa shape index (κ1) is 12.7. The highest BCUT2D eigenvalue weighted by Crippen LogP contribution is 2.40. The van der Waals surface area contributed by atoms with Crippen LogP contribution in [0.3, 0.4) is 0 Å². The first-order valence-electron chi connectivity index (χ1n) is 7.55. The predicted octanol–water partition coefficient (Wildman–Crippen LogP) is 4.55. The molecule has 2 saturated carbocycles. The van der Waals surface area contributed by atoms with E-state index in [0.717, 1.165) is 18.4 Å². The maximum absolute atomic E-state index is 12.5. The zero-order chi connectivity index (χ0) is 13.2. The Morgan fingerprint density at radius 1 is 1.05 bits per heavy atom.